The highest BCUT2D eigenvalue weighted by Crippen LogP contribution is 2.39. The molecule has 60 heavy (non-hydrogen) atoms. The highest BCUT2D eigenvalue weighted by Gasteiger charge is 2.15. The number of aryl methyl sites for hydroxylation is 2. The number of anilines is 10. The summed E-state index contributed by atoms with van der Waals surface area (Å²) in [6.45, 7) is 4.27. The van der Waals surface area contributed by atoms with E-state index in [1.807, 2.05) is 0 Å². The van der Waals surface area contributed by atoms with Crippen molar-refractivity contribution in [1.82, 2.24) is 0 Å². The van der Waals surface area contributed by atoms with Gasteiger partial charge in [-0.05, 0) is 169 Å². The summed E-state index contributed by atoms with van der Waals surface area (Å²) >= 11 is 0. The molecule has 0 aliphatic rings. The standard InChI is InChI=1S/C56H46N4/c1-41-14-12-22-53(38-41)59(49-18-8-4-9-19-49)51-33-28-46(29-34-51)57-45-26-24-44(25-27-45)55-37-32-48(40-56(55)43-16-6-3-7-17-43)58-47-30-35-52(36-31-47)60(50-20-10-5-11-21-50)54-23-13-15-42(2)39-54/h3-40,57-58H,1-2H3. The first-order valence-electron chi connectivity index (χ1n) is 20.4. The molecule has 0 aromatic heterocycles. The summed E-state index contributed by atoms with van der Waals surface area (Å²) in [5.41, 5.74) is 17.9. The molecule has 0 saturated carbocycles. The molecule has 0 spiro atoms. The summed E-state index contributed by atoms with van der Waals surface area (Å²) in [5.74, 6) is 0. The van der Waals surface area contributed by atoms with Gasteiger partial charge in [-0.2, -0.15) is 0 Å². The first-order valence-corrected chi connectivity index (χ1v) is 20.4. The van der Waals surface area contributed by atoms with Crippen LogP contribution in [-0.2, 0) is 0 Å². The Morgan fingerprint density at radius 3 is 1.10 bits per heavy atom. The second-order valence-electron chi connectivity index (χ2n) is 15.1. The molecule has 0 unspecified atom stereocenters. The van der Waals surface area contributed by atoms with Crippen LogP contribution in [0, 0.1) is 13.8 Å². The maximum Gasteiger partial charge on any atom is 0.0464 e. The number of nitrogens with one attached hydrogen (secondary N) is 2. The lowest BCUT2D eigenvalue weighted by Crippen LogP contribution is -2.09. The third-order valence-electron chi connectivity index (χ3n) is 10.7. The zero-order valence-electron chi connectivity index (χ0n) is 33.8. The molecule has 0 aliphatic carbocycles. The van der Waals surface area contributed by atoms with Crippen LogP contribution in [0.25, 0.3) is 22.3 Å². The molecule has 4 nitrogen and oxygen atoms in total. The molecule has 0 saturated heterocycles. The quantitative estimate of drug-likeness (QED) is 0.129. The minimum absolute atomic E-state index is 1.02. The van der Waals surface area contributed by atoms with E-state index < -0.39 is 0 Å². The predicted octanol–water partition coefficient (Wildman–Crippen LogP) is 16.1. The minimum atomic E-state index is 1.02. The van der Waals surface area contributed by atoms with Crippen LogP contribution in [-0.4, -0.2) is 0 Å². The molecule has 0 bridgehead atoms. The maximum atomic E-state index is 3.68. The van der Waals surface area contributed by atoms with Gasteiger partial charge in [-0.3, -0.25) is 0 Å². The van der Waals surface area contributed by atoms with Crippen molar-refractivity contribution in [2.45, 2.75) is 13.8 Å². The van der Waals surface area contributed by atoms with Crippen molar-refractivity contribution in [3.8, 4) is 22.3 Å². The van der Waals surface area contributed by atoms with E-state index in [0.29, 0.717) is 0 Å². The van der Waals surface area contributed by atoms with E-state index in [4.69, 9.17) is 0 Å². The topological polar surface area (TPSA) is 30.5 Å². The largest absolute Gasteiger partial charge is 0.356 e. The Hall–Kier alpha value is -7.82. The Morgan fingerprint density at radius 2 is 0.633 bits per heavy atom. The molecule has 0 amide bonds. The molecule has 0 radical (unpaired) electrons. The van der Waals surface area contributed by atoms with Crippen molar-refractivity contribution in [1.29, 1.82) is 0 Å². The van der Waals surface area contributed by atoms with Gasteiger partial charge in [-0.15, -0.1) is 0 Å². The number of rotatable bonds is 12. The number of hydrogen-bond donors (Lipinski definition) is 2. The molecule has 4 heteroatoms. The number of benzene rings is 9. The average molecular weight is 775 g/mol. The fourth-order valence-electron chi connectivity index (χ4n) is 7.77. The number of hydrogen-bond acceptors (Lipinski definition) is 4. The van der Waals surface area contributed by atoms with E-state index in [-0.39, 0.29) is 0 Å². The Balaban J connectivity index is 0.942. The summed E-state index contributed by atoms with van der Waals surface area (Å²) in [6.07, 6.45) is 0. The third kappa shape index (κ3) is 8.54. The summed E-state index contributed by atoms with van der Waals surface area (Å²) in [4.78, 5) is 4.59. The van der Waals surface area contributed by atoms with Crippen LogP contribution >= 0.6 is 0 Å². The van der Waals surface area contributed by atoms with Crippen LogP contribution in [0.5, 0.6) is 0 Å². The van der Waals surface area contributed by atoms with Gasteiger partial charge in [0.25, 0.3) is 0 Å². The van der Waals surface area contributed by atoms with Crippen molar-refractivity contribution >= 4 is 56.9 Å². The van der Waals surface area contributed by atoms with Crippen LogP contribution < -0.4 is 20.4 Å². The highest BCUT2D eigenvalue weighted by molar-refractivity contribution is 5.87. The zero-order chi connectivity index (χ0) is 40.7. The SMILES string of the molecule is Cc1cccc(N(c2ccccc2)c2ccc(Nc3ccc(-c4ccc(Nc5ccc(N(c6ccccc6)c6cccc(C)c6)cc5)cc4-c4ccccc4)cc3)cc2)c1. The van der Waals surface area contributed by atoms with Crippen LogP contribution in [0.2, 0.25) is 0 Å². The second-order valence-corrected chi connectivity index (χ2v) is 15.1. The van der Waals surface area contributed by atoms with Gasteiger partial charge in [0.05, 0.1) is 0 Å². The van der Waals surface area contributed by atoms with E-state index in [1.165, 1.54) is 27.8 Å². The molecule has 0 atom stereocenters. The van der Waals surface area contributed by atoms with E-state index in [0.717, 1.165) is 62.4 Å². The first kappa shape index (κ1) is 37.7. The van der Waals surface area contributed by atoms with Gasteiger partial charge in [0.1, 0.15) is 0 Å². The Morgan fingerprint density at radius 1 is 0.267 bits per heavy atom. The van der Waals surface area contributed by atoms with Crippen LogP contribution in [0.3, 0.4) is 0 Å². The lowest BCUT2D eigenvalue weighted by Gasteiger charge is -2.26. The monoisotopic (exact) mass is 774 g/mol. The molecule has 9 rings (SSSR count). The molecule has 9 aromatic rings. The fourth-order valence-corrected chi connectivity index (χ4v) is 7.77. The first-order chi connectivity index (χ1) is 29.5. The Labute approximate surface area is 353 Å². The van der Waals surface area contributed by atoms with Crippen molar-refractivity contribution in [2.75, 3.05) is 20.4 Å². The van der Waals surface area contributed by atoms with Gasteiger partial charge in [-0.25, -0.2) is 0 Å². The highest BCUT2D eigenvalue weighted by atomic mass is 15.1. The lowest BCUT2D eigenvalue weighted by molar-refractivity contribution is 1.27. The molecule has 0 aliphatic heterocycles. The van der Waals surface area contributed by atoms with Gasteiger partial charge >= 0.3 is 0 Å². The molecule has 0 fully saturated rings. The Kier molecular flexibility index (Phi) is 10.9. The van der Waals surface area contributed by atoms with Gasteiger partial charge in [0, 0.05) is 56.9 Å². The van der Waals surface area contributed by atoms with Gasteiger partial charge in [0.2, 0.25) is 0 Å². The van der Waals surface area contributed by atoms with Gasteiger partial charge in [-0.1, -0.05) is 109 Å². The van der Waals surface area contributed by atoms with Crippen molar-refractivity contribution in [2.24, 2.45) is 0 Å². The molecular formula is C56H46N4. The molecule has 2 N–H and O–H groups in total. The van der Waals surface area contributed by atoms with Gasteiger partial charge < -0.3 is 20.4 Å². The van der Waals surface area contributed by atoms with E-state index >= 15 is 0 Å². The van der Waals surface area contributed by atoms with Crippen LogP contribution in [0.15, 0.2) is 231 Å². The van der Waals surface area contributed by atoms with Crippen LogP contribution in [0.4, 0.5) is 56.9 Å². The molecule has 290 valence electrons. The predicted molar refractivity (Wildman–Crippen MR) is 256 cm³/mol. The average Bonchev–Trinajstić information content (AvgIpc) is 3.29. The minimum Gasteiger partial charge on any atom is -0.356 e. The third-order valence-corrected chi connectivity index (χ3v) is 10.7. The van der Waals surface area contributed by atoms with Crippen molar-refractivity contribution in [3.05, 3.63) is 242 Å². The number of nitrogens with zero attached hydrogens (tertiary/aromatic N) is 2. The normalized spacial score (nSPS) is 10.8. The smallest absolute Gasteiger partial charge is 0.0464 e. The summed E-state index contributed by atoms with van der Waals surface area (Å²) in [5, 5.41) is 7.30. The molecule has 0 heterocycles. The molecular weight excluding hydrogens is 729 g/mol. The maximum absolute atomic E-state index is 3.68. The summed E-state index contributed by atoms with van der Waals surface area (Å²) in [6, 6.07) is 81.6. The lowest BCUT2D eigenvalue weighted by atomic mass is 9.94. The van der Waals surface area contributed by atoms with E-state index in [9.17, 15) is 0 Å². The van der Waals surface area contributed by atoms with Crippen molar-refractivity contribution in [3.63, 3.8) is 0 Å². The second kappa shape index (κ2) is 17.4. The zero-order valence-corrected chi connectivity index (χ0v) is 33.8. The Bertz CT molecular complexity index is 2800. The number of para-hydroxylation sites is 2. The van der Waals surface area contributed by atoms with E-state index in [2.05, 4.69) is 265 Å². The summed E-state index contributed by atoms with van der Waals surface area (Å²) in [7, 11) is 0. The fraction of sp³-hybridized carbons (Fsp3) is 0.0357. The van der Waals surface area contributed by atoms with Crippen LogP contribution in [0.1, 0.15) is 11.1 Å². The molecule has 9 aromatic carbocycles. The van der Waals surface area contributed by atoms with E-state index in [1.54, 1.807) is 0 Å². The van der Waals surface area contributed by atoms with Crippen molar-refractivity contribution < 1.29 is 0 Å². The van der Waals surface area contributed by atoms with Gasteiger partial charge in [0.15, 0.2) is 0 Å². The summed E-state index contributed by atoms with van der Waals surface area (Å²) < 4.78 is 0.